The molecule has 1 rings (SSSR count). The molecular weight excluding hydrogens is 240 g/mol. The van der Waals surface area contributed by atoms with Crippen LogP contribution in [0.4, 0.5) is 4.79 Å². The maximum atomic E-state index is 11.8. The summed E-state index contributed by atoms with van der Waals surface area (Å²) in [5, 5.41) is 20.0. The molecule has 1 aliphatic heterocycles. The van der Waals surface area contributed by atoms with E-state index in [4.69, 9.17) is 14.9 Å². The molecule has 0 aliphatic carbocycles. The van der Waals surface area contributed by atoms with Gasteiger partial charge in [-0.3, -0.25) is 0 Å². The van der Waals surface area contributed by atoms with E-state index in [-0.39, 0.29) is 19.1 Å². The molecule has 0 bridgehead atoms. The Balaban J connectivity index is 2.42. The van der Waals surface area contributed by atoms with E-state index in [1.807, 2.05) is 0 Å². The van der Waals surface area contributed by atoms with Crippen molar-refractivity contribution in [3.8, 4) is 0 Å². The quantitative estimate of drug-likeness (QED) is 0.627. The summed E-state index contributed by atoms with van der Waals surface area (Å²) in [7, 11) is 1.64. The van der Waals surface area contributed by atoms with Crippen molar-refractivity contribution < 1.29 is 24.5 Å². The minimum atomic E-state index is -1.14. The molecule has 1 atom stereocenters. The van der Waals surface area contributed by atoms with Crippen molar-refractivity contribution in [1.29, 1.82) is 0 Å². The van der Waals surface area contributed by atoms with Gasteiger partial charge in [0.05, 0.1) is 6.10 Å². The predicted molar refractivity (Wildman–Crippen MR) is 63.3 cm³/mol. The van der Waals surface area contributed by atoms with E-state index in [9.17, 15) is 9.59 Å². The lowest BCUT2D eigenvalue weighted by molar-refractivity contribution is -0.139. The lowest BCUT2D eigenvalue weighted by Crippen LogP contribution is -2.51. The molecule has 0 spiro atoms. The number of urea groups is 1. The Labute approximate surface area is 106 Å². The number of methoxy groups -OCH3 is 1. The molecular formula is C11H20N2O5. The first-order valence-corrected chi connectivity index (χ1v) is 6.00. The number of nitrogens with one attached hydrogen (secondary N) is 1. The summed E-state index contributed by atoms with van der Waals surface area (Å²) in [5.74, 6) is -1.14. The molecule has 1 saturated heterocycles. The number of carboxylic acids is 1. The minimum absolute atomic E-state index is 0.00953. The Morgan fingerprint density at radius 2 is 2.06 bits per heavy atom. The van der Waals surface area contributed by atoms with Crippen LogP contribution >= 0.6 is 0 Å². The number of aliphatic hydroxyl groups excluding tert-OH is 1. The van der Waals surface area contributed by atoms with Crippen molar-refractivity contribution in [3.63, 3.8) is 0 Å². The average Bonchev–Trinajstić information content (AvgIpc) is 2.38. The summed E-state index contributed by atoms with van der Waals surface area (Å²) >= 11 is 0. The van der Waals surface area contributed by atoms with Crippen LogP contribution in [0.2, 0.25) is 0 Å². The highest BCUT2D eigenvalue weighted by Crippen LogP contribution is 2.12. The van der Waals surface area contributed by atoms with Gasteiger partial charge in [-0.2, -0.15) is 0 Å². The zero-order valence-corrected chi connectivity index (χ0v) is 10.5. The normalized spacial score (nSPS) is 18.4. The van der Waals surface area contributed by atoms with E-state index in [0.717, 1.165) is 12.8 Å². The van der Waals surface area contributed by atoms with Crippen LogP contribution in [0.1, 0.15) is 19.3 Å². The van der Waals surface area contributed by atoms with Crippen molar-refractivity contribution in [2.75, 3.05) is 26.8 Å². The van der Waals surface area contributed by atoms with Gasteiger partial charge in [0.1, 0.15) is 6.04 Å². The van der Waals surface area contributed by atoms with Crippen molar-refractivity contribution in [1.82, 2.24) is 10.2 Å². The Hall–Kier alpha value is -1.34. The molecule has 18 heavy (non-hydrogen) atoms. The largest absolute Gasteiger partial charge is 0.480 e. The molecule has 0 aromatic rings. The first-order valence-electron chi connectivity index (χ1n) is 6.00. The number of aliphatic hydroxyl groups is 1. The highest BCUT2D eigenvalue weighted by atomic mass is 16.5. The van der Waals surface area contributed by atoms with Crippen LogP contribution in [-0.2, 0) is 9.53 Å². The number of piperidine rings is 1. The van der Waals surface area contributed by atoms with Crippen LogP contribution in [0.5, 0.6) is 0 Å². The first kappa shape index (κ1) is 14.7. The number of aliphatic carboxylic acids is 1. The van der Waals surface area contributed by atoms with Crippen molar-refractivity contribution in [2.45, 2.75) is 31.4 Å². The minimum Gasteiger partial charge on any atom is -0.480 e. The van der Waals surface area contributed by atoms with E-state index in [1.54, 1.807) is 12.0 Å². The first-order chi connectivity index (χ1) is 8.58. The van der Waals surface area contributed by atoms with Crippen molar-refractivity contribution in [2.24, 2.45) is 0 Å². The van der Waals surface area contributed by atoms with Gasteiger partial charge in [0.25, 0.3) is 0 Å². The Morgan fingerprint density at radius 1 is 1.44 bits per heavy atom. The second kappa shape index (κ2) is 7.17. The van der Waals surface area contributed by atoms with Gasteiger partial charge in [-0.25, -0.2) is 9.59 Å². The number of hydrogen-bond donors (Lipinski definition) is 3. The molecule has 0 unspecified atom stereocenters. The molecule has 1 fully saturated rings. The third-order valence-electron chi connectivity index (χ3n) is 3.08. The molecule has 0 saturated carbocycles. The molecule has 0 aromatic heterocycles. The number of rotatable bonds is 5. The van der Waals surface area contributed by atoms with Crippen LogP contribution in [0.3, 0.4) is 0 Å². The maximum absolute atomic E-state index is 11.8. The van der Waals surface area contributed by atoms with Gasteiger partial charge in [0, 0.05) is 33.2 Å². The van der Waals surface area contributed by atoms with Gasteiger partial charge in [-0.1, -0.05) is 0 Å². The van der Waals surface area contributed by atoms with E-state index < -0.39 is 18.0 Å². The van der Waals surface area contributed by atoms with E-state index in [2.05, 4.69) is 5.32 Å². The monoisotopic (exact) mass is 260 g/mol. The van der Waals surface area contributed by atoms with Crippen LogP contribution in [0.15, 0.2) is 0 Å². The van der Waals surface area contributed by atoms with Crippen molar-refractivity contribution >= 4 is 12.0 Å². The van der Waals surface area contributed by atoms with E-state index in [1.165, 1.54) is 0 Å². The second-order valence-electron chi connectivity index (χ2n) is 4.27. The van der Waals surface area contributed by atoms with Crippen molar-refractivity contribution in [3.05, 3.63) is 0 Å². The summed E-state index contributed by atoms with van der Waals surface area (Å²) in [6.07, 6.45) is 1.68. The van der Waals surface area contributed by atoms with E-state index >= 15 is 0 Å². The molecule has 1 heterocycles. The Bertz CT molecular complexity index is 289. The third kappa shape index (κ3) is 4.15. The van der Waals surface area contributed by atoms with Gasteiger partial charge in [0.15, 0.2) is 0 Å². The summed E-state index contributed by atoms with van der Waals surface area (Å²) < 4.78 is 5.19. The Kier molecular flexibility index (Phi) is 5.87. The molecule has 3 N–H and O–H groups in total. The zero-order valence-electron chi connectivity index (χ0n) is 10.5. The summed E-state index contributed by atoms with van der Waals surface area (Å²) in [5.41, 5.74) is 0. The van der Waals surface area contributed by atoms with Gasteiger partial charge >= 0.3 is 12.0 Å². The average molecular weight is 260 g/mol. The van der Waals surface area contributed by atoms with Gasteiger partial charge in [-0.05, 0) is 12.8 Å². The number of ether oxygens (including phenoxy) is 1. The predicted octanol–water partition coefficient (Wildman–Crippen LogP) is -0.358. The smallest absolute Gasteiger partial charge is 0.326 e. The zero-order chi connectivity index (χ0) is 13.5. The highest BCUT2D eigenvalue weighted by molar-refractivity contribution is 5.82. The molecule has 0 aromatic carbocycles. The third-order valence-corrected chi connectivity index (χ3v) is 3.08. The molecule has 7 heteroatoms. The van der Waals surface area contributed by atoms with Crippen LogP contribution in [-0.4, -0.2) is 66.1 Å². The van der Waals surface area contributed by atoms with Gasteiger partial charge in [-0.15, -0.1) is 0 Å². The fourth-order valence-corrected chi connectivity index (χ4v) is 1.92. The lowest BCUT2D eigenvalue weighted by atomic mass is 10.1. The summed E-state index contributed by atoms with van der Waals surface area (Å²) in [4.78, 5) is 24.2. The topological polar surface area (TPSA) is 99.1 Å². The van der Waals surface area contributed by atoms with Crippen LogP contribution in [0, 0.1) is 0 Å². The molecule has 104 valence electrons. The molecule has 2 amide bonds. The Morgan fingerprint density at radius 3 is 2.50 bits per heavy atom. The second-order valence-corrected chi connectivity index (χ2v) is 4.27. The number of carbonyl (C=O) groups is 2. The van der Waals surface area contributed by atoms with Crippen LogP contribution < -0.4 is 5.32 Å². The number of carbonyl (C=O) groups excluding carboxylic acids is 1. The fraction of sp³-hybridized carbons (Fsp3) is 0.818. The van der Waals surface area contributed by atoms with Gasteiger partial charge < -0.3 is 25.2 Å². The summed E-state index contributed by atoms with van der Waals surface area (Å²) in [6, 6.07) is -1.44. The SMILES string of the molecule is COC1CCN(C(=O)N[C@@H](CCO)C(=O)O)CC1. The molecule has 1 aliphatic rings. The fourth-order valence-electron chi connectivity index (χ4n) is 1.92. The highest BCUT2D eigenvalue weighted by Gasteiger charge is 2.26. The number of nitrogens with zero attached hydrogens (tertiary/aromatic N) is 1. The van der Waals surface area contributed by atoms with Gasteiger partial charge in [0.2, 0.25) is 0 Å². The van der Waals surface area contributed by atoms with Crippen LogP contribution in [0.25, 0.3) is 0 Å². The number of likely N-dealkylation sites (tertiary alicyclic amines) is 1. The number of hydrogen-bond acceptors (Lipinski definition) is 4. The standard InChI is InChI=1S/C11H20N2O5/c1-18-8-2-5-13(6-3-8)11(17)12-9(4-7-14)10(15)16/h8-9,14H,2-7H2,1H3,(H,12,17)(H,15,16)/t9-/m0/s1. The lowest BCUT2D eigenvalue weighted by Gasteiger charge is -2.32. The molecule has 0 radical (unpaired) electrons. The van der Waals surface area contributed by atoms with E-state index in [0.29, 0.717) is 13.1 Å². The molecule has 7 nitrogen and oxygen atoms in total. The number of carboxylic acid groups (broad SMARTS) is 1. The maximum Gasteiger partial charge on any atom is 0.326 e. The summed E-state index contributed by atoms with van der Waals surface area (Å²) in [6.45, 7) is 0.828. The number of amides is 2.